The molecule has 0 saturated heterocycles. The fraction of sp³-hybridized carbons (Fsp3) is 0.188. The number of fused-ring (bicyclic) bond motifs is 1. The molecule has 0 aliphatic rings. The molecule has 5 aromatic rings. The monoisotopic (exact) mass is 551 g/mol. The summed E-state index contributed by atoms with van der Waals surface area (Å²) < 4.78 is 65.2. The van der Waals surface area contributed by atoms with Crippen LogP contribution >= 0.6 is 0 Å². The van der Waals surface area contributed by atoms with E-state index >= 15 is 0 Å². The predicted molar refractivity (Wildman–Crippen MR) is 151 cm³/mol. The number of rotatable bonds is 4. The molecule has 3 aromatic heterocycles. The average Bonchev–Trinajstić information content (AvgIpc) is 3.31. The number of alkyl halides is 3. The lowest BCUT2D eigenvalue weighted by Crippen LogP contribution is -2.11. The van der Waals surface area contributed by atoms with E-state index in [1.807, 2.05) is 39.0 Å². The molecule has 0 spiro atoms. The highest BCUT2D eigenvalue weighted by Gasteiger charge is 2.27. The lowest BCUT2D eigenvalue weighted by molar-refractivity contribution is -0.127. The summed E-state index contributed by atoms with van der Waals surface area (Å²) in [6.07, 6.45) is 0.303. The van der Waals surface area contributed by atoms with Gasteiger partial charge in [-0.15, -0.1) is 0 Å². The normalized spacial score (nSPS) is 11.0. The van der Waals surface area contributed by atoms with E-state index in [0.29, 0.717) is 11.4 Å². The molecule has 0 amide bonds. The standard InChI is InChI=1S/C22H17F2N3.C9H9F3.CH4/c1-13(2)18-10-15(11-25-14(18)3)16-7-5-9-27-20(16)12-26-22(27)17-6-4-8-19(23)21(17)24;1-7-2-4-8(5-3-7)6-9(10,11)12;/h4-12H,1H2,2-3H3;2-5H,6H2,1H3;1H4. The smallest absolute Gasteiger partial charge is 0.299 e. The molecule has 0 N–H and O–H groups in total. The fourth-order valence-electron chi connectivity index (χ4n) is 4.19. The van der Waals surface area contributed by atoms with Gasteiger partial charge in [-0.3, -0.25) is 9.38 Å². The first-order valence-electron chi connectivity index (χ1n) is 12.1. The maximum atomic E-state index is 14.3. The zero-order valence-electron chi connectivity index (χ0n) is 21.7. The predicted octanol–water partition coefficient (Wildman–Crippen LogP) is 9.42. The van der Waals surface area contributed by atoms with Crippen molar-refractivity contribution in [3.8, 4) is 22.5 Å². The highest BCUT2D eigenvalue weighted by molar-refractivity contribution is 5.83. The Morgan fingerprint density at radius 2 is 1.57 bits per heavy atom. The molecule has 0 unspecified atom stereocenters. The van der Waals surface area contributed by atoms with Gasteiger partial charge < -0.3 is 0 Å². The number of hydrogen-bond acceptors (Lipinski definition) is 2. The SMILES string of the molecule is C.C=C(C)c1cc(-c2cccn3c(-c4cccc(F)c4F)ncc23)cnc1C.Cc1ccc(CC(F)(F)F)cc1. The minimum absolute atomic E-state index is 0. The minimum atomic E-state index is -4.10. The molecule has 2 aromatic carbocycles. The van der Waals surface area contributed by atoms with Crippen LogP contribution in [0.5, 0.6) is 0 Å². The summed E-state index contributed by atoms with van der Waals surface area (Å²) in [6.45, 7) is 9.74. The minimum Gasteiger partial charge on any atom is -0.299 e. The summed E-state index contributed by atoms with van der Waals surface area (Å²) in [4.78, 5) is 8.82. The Morgan fingerprint density at radius 3 is 2.23 bits per heavy atom. The van der Waals surface area contributed by atoms with E-state index in [1.54, 1.807) is 35.1 Å². The third-order valence-corrected chi connectivity index (χ3v) is 6.15. The number of pyridine rings is 2. The number of aryl methyl sites for hydroxylation is 2. The lowest BCUT2D eigenvalue weighted by atomic mass is 10.0. The van der Waals surface area contributed by atoms with Crippen molar-refractivity contribution in [3.63, 3.8) is 0 Å². The molecule has 8 heteroatoms. The van der Waals surface area contributed by atoms with Crippen LogP contribution < -0.4 is 0 Å². The summed E-state index contributed by atoms with van der Waals surface area (Å²) in [5.41, 5.74) is 6.85. The maximum Gasteiger partial charge on any atom is 0.393 e. The molecule has 0 bridgehead atoms. The van der Waals surface area contributed by atoms with Gasteiger partial charge in [-0.25, -0.2) is 13.8 Å². The van der Waals surface area contributed by atoms with E-state index < -0.39 is 24.2 Å². The van der Waals surface area contributed by atoms with E-state index in [4.69, 9.17) is 0 Å². The fourth-order valence-corrected chi connectivity index (χ4v) is 4.19. The van der Waals surface area contributed by atoms with E-state index in [-0.39, 0.29) is 13.0 Å². The second kappa shape index (κ2) is 12.2. The van der Waals surface area contributed by atoms with E-state index in [1.165, 1.54) is 24.3 Å². The van der Waals surface area contributed by atoms with Gasteiger partial charge in [-0.05, 0) is 61.7 Å². The van der Waals surface area contributed by atoms with E-state index in [0.717, 1.165) is 45.1 Å². The Labute approximate surface area is 230 Å². The van der Waals surface area contributed by atoms with Gasteiger partial charge in [-0.1, -0.05) is 56.0 Å². The first kappa shape index (κ1) is 30.2. The number of aromatic nitrogens is 3. The van der Waals surface area contributed by atoms with Gasteiger partial charge in [0.25, 0.3) is 0 Å². The summed E-state index contributed by atoms with van der Waals surface area (Å²) in [5.74, 6) is -1.45. The van der Waals surface area contributed by atoms with Crippen molar-refractivity contribution in [2.24, 2.45) is 0 Å². The van der Waals surface area contributed by atoms with Gasteiger partial charge in [0.15, 0.2) is 11.6 Å². The van der Waals surface area contributed by atoms with Crippen molar-refractivity contribution in [2.45, 2.75) is 40.8 Å². The van der Waals surface area contributed by atoms with Gasteiger partial charge in [-0.2, -0.15) is 13.2 Å². The van der Waals surface area contributed by atoms with Crippen LogP contribution in [-0.2, 0) is 6.42 Å². The molecule has 3 nitrogen and oxygen atoms in total. The van der Waals surface area contributed by atoms with Crippen LogP contribution in [0.1, 0.15) is 36.7 Å². The largest absolute Gasteiger partial charge is 0.393 e. The Balaban J connectivity index is 0.000000287. The molecule has 0 radical (unpaired) electrons. The molecule has 208 valence electrons. The van der Waals surface area contributed by atoms with E-state index in [2.05, 4.69) is 16.5 Å². The van der Waals surface area contributed by atoms with Crippen molar-refractivity contribution >= 4 is 11.1 Å². The number of halogens is 5. The van der Waals surface area contributed by atoms with Crippen LogP contribution in [0.3, 0.4) is 0 Å². The highest BCUT2D eigenvalue weighted by Crippen LogP contribution is 2.31. The van der Waals surface area contributed by atoms with Crippen molar-refractivity contribution in [1.29, 1.82) is 0 Å². The van der Waals surface area contributed by atoms with Gasteiger partial charge in [0.2, 0.25) is 0 Å². The molecule has 0 aliphatic heterocycles. The average molecular weight is 552 g/mol. The van der Waals surface area contributed by atoms with Gasteiger partial charge >= 0.3 is 6.18 Å². The number of allylic oxidation sites excluding steroid dienone is 1. The third kappa shape index (κ3) is 6.81. The van der Waals surface area contributed by atoms with Crippen LogP contribution in [0.25, 0.3) is 33.6 Å². The zero-order chi connectivity index (χ0) is 28.3. The molecule has 5 rings (SSSR count). The molecule has 40 heavy (non-hydrogen) atoms. The Hall–Kier alpha value is -4.33. The number of benzene rings is 2. The summed E-state index contributed by atoms with van der Waals surface area (Å²) >= 11 is 0. The Kier molecular flexibility index (Phi) is 9.24. The van der Waals surface area contributed by atoms with Crippen LogP contribution in [0.4, 0.5) is 22.0 Å². The lowest BCUT2D eigenvalue weighted by Gasteiger charge is -2.10. The Bertz CT molecular complexity index is 1630. The van der Waals surface area contributed by atoms with Crippen molar-refractivity contribution in [2.75, 3.05) is 0 Å². The summed E-state index contributed by atoms with van der Waals surface area (Å²) in [5, 5.41) is 0. The molecular formula is C32H30F5N3. The number of nitrogens with zero attached hydrogens (tertiary/aromatic N) is 3. The van der Waals surface area contributed by atoms with Gasteiger partial charge in [0.1, 0.15) is 5.82 Å². The van der Waals surface area contributed by atoms with Crippen LogP contribution in [0.2, 0.25) is 0 Å². The first-order valence-corrected chi connectivity index (χ1v) is 12.1. The first-order chi connectivity index (χ1) is 18.4. The van der Waals surface area contributed by atoms with Crippen LogP contribution in [0.15, 0.2) is 85.8 Å². The highest BCUT2D eigenvalue weighted by atomic mass is 19.4. The van der Waals surface area contributed by atoms with Gasteiger partial charge in [0.05, 0.1) is 23.7 Å². The summed E-state index contributed by atoms with van der Waals surface area (Å²) in [7, 11) is 0. The second-order valence-electron chi connectivity index (χ2n) is 9.28. The van der Waals surface area contributed by atoms with Crippen molar-refractivity contribution in [3.05, 3.63) is 120 Å². The van der Waals surface area contributed by atoms with Gasteiger partial charge in [0, 0.05) is 29.2 Å². The quantitative estimate of drug-likeness (QED) is 0.208. The molecule has 0 aliphatic carbocycles. The van der Waals surface area contributed by atoms with Crippen molar-refractivity contribution in [1.82, 2.24) is 14.4 Å². The molecule has 0 atom stereocenters. The topological polar surface area (TPSA) is 30.2 Å². The molecule has 0 saturated carbocycles. The molecule has 3 heterocycles. The maximum absolute atomic E-state index is 14.3. The van der Waals surface area contributed by atoms with Crippen LogP contribution in [-0.4, -0.2) is 20.5 Å². The number of hydrogen-bond donors (Lipinski definition) is 0. The second-order valence-corrected chi connectivity index (χ2v) is 9.28. The zero-order valence-corrected chi connectivity index (χ0v) is 21.7. The molecular weight excluding hydrogens is 521 g/mol. The summed E-state index contributed by atoms with van der Waals surface area (Å²) in [6, 6.07) is 16.3. The Morgan fingerprint density at radius 1 is 0.900 bits per heavy atom. The van der Waals surface area contributed by atoms with Crippen molar-refractivity contribution < 1.29 is 22.0 Å². The van der Waals surface area contributed by atoms with Crippen LogP contribution in [0, 0.1) is 25.5 Å². The third-order valence-electron chi connectivity index (χ3n) is 6.15. The van der Waals surface area contributed by atoms with E-state index in [9.17, 15) is 22.0 Å². The molecule has 0 fully saturated rings. The number of imidazole rings is 1.